The molecule has 3 heteroatoms. The summed E-state index contributed by atoms with van der Waals surface area (Å²) in [5.74, 6) is 1.29. The number of ether oxygens (including phenoxy) is 2. The molecule has 27 heavy (non-hydrogen) atoms. The van der Waals surface area contributed by atoms with Crippen LogP contribution in [0, 0.1) is 17.3 Å². The van der Waals surface area contributed by atoms with E-state index in [2.05, 4.69) is 53.0 Å². The molecule has 2 rings (SSSR count). The maximum Gasteiger partial charge on any atom is 0.168 e. The van der Waals surface area contributed by atoms with Crippen molar-refractivity contribution in [2.45, 2.75) is 98.4 Å². The Labute approximate surface area is 168 Å². The van der Waals surface area contributed by atoms with Crippen molar-refractivity contribution in [2.75, 3.05) is 26.2 Å². The first-order valence-electron chi connectivity index (χ1n) is 11.3. The lowest BCUT2D eigenvalue weighted by atomic mass is 9.66. The molecule has 0 radical (unpaired) electrons. The van der Waals surface area contributed by atoms with E-state index in [-0.39, 0.29) is 11.9 Å². The second-order valence-corrected chi connectivity index (χ2v) is 10.3. The highest BCUT2D eigenvalue weighted by molar-refractivity contribution is 4.93. The zero-order valence-corrected chi connectivity index (χ0v) is 19.0. The molecular weight excluding hydrogens is 334 g/mol. The van der Waals surface area contributed by atoms with Gasteiger partial charge < -0.3 is 9.47 Å². The lowest BCUT2D eigenvalue weighted by Crippen LogP contribution is -2.40. The zero-order valence-electron chi connectivity index (χ0n) is 19.0. The third kappa shape index (κ3) is 6.87. The number of hydrogen-bond donors (Lipinski definition) is 0. The van der Waals surface area contributed by atoms with Gasteiger partial charge in [0.05, 0.1) is 12.7 Å². The summed E-state index contributed by atoms with van der Waals surface area (Å²) in [6, 6.07) is 0. The molecular formula is C24H45NO2. The van der Waals surface area contributed by atoms with Gasteiger partial charge in [-0.05, 0) is 62.8 Å². The van der Waals surface area contributed by atoms with Gasteiger partial charge in [-0.3, -0.25) is 4.90 Å². The predicted molar refractivity (Wildman–Crippen MR) is 115 cm³/mol. The molecule has 1 heterocycles. The molecule has 1 atom stereocenters. The quantitative estimate of drug-likeness (QED) is 0.432. The average Bonchev–Trinajstić information content (AvgIpc) is 2.94. The molecule has 1 spiro atoms. The molecule has 1 saturated heterocycles. The first kappa shape index (κ1) is 22.9. The number of rotatable bonds is 10. The Hall–Kier alpha value is -0.380. The molecule has 0 bridgehead atoms. The minimum atomic E-state index is -0.279. The zero-order chi connectivity index (χ0) is 20.1. The number of hydrogen-bond acceptors (Lipinski definition) is 3. The first-order valence-corrected chi connectivity index (χ1v) is 11.3. The van der Waals surface area contributed by atoms with Crippen LogP contribution in [0.4, 0.5) is 0 Å². The Kier molecular flexibility index (Phi) is 8.39. The van der Waals surface area contributed by atoms with Crippen molar-refractivity contribution in [1.29, 1.82) is 0 Å². The molecule has 1 aliphatic carbocycles. The van der Waals surface area contributed by atoms with Gasteiger partial charge in [0.15, 0.2) is 5.79 Å². The van der Waals surface area contributed by atoms with Gasteiger partial charge in [0.2, 0.25) is 0 Å². The normalized spacial score (nSPS) is 29.2. The van der Waals surface area contributed by atoms with Crippen LogP contribution in [-0.2, 0) is 9.47 Å². The van der Waals surface area contributed by atoms with E-state index < -0.39 is 0 Å². The molecule has 1 aliphatic heterocycles. The minimum Gasteiger partial charge on any atom is -0.347 e. The number of nitrogens with zero attached hydrogens (tertiary/aromatic N) is 1. The highest BCUT2D eigenvalue weighted by atomic mass is 16.7. The van der Waals surface area contributed by atoms with Crippen LogP contribution in [0.5, 0.6) is 0 Å². The fourth-order valence-corrected chi connectivity index (χ4v) is 5.37. The Morgan fingerprint density at radius 2 is 1.89 bits per heavy atom. The Morgan fingerprint density at radius 3 is 2.44 bits per heavy atom. The van der Waals surface area contributed by atoms with Crippen LogP contribution in [0.25, 0.3) is 0 Å². The van der Waals surface area contributed by atoms with Crippen LogP contribution in [0.3, 0.4) is 0 Å². The average molecular weight is 380 g/mol. The molecule has 0 aromatic carbocycles. The summed E-state index contributed by atoms with van der Waals surface area (Å²) in [4.78, 5) is 2.50. The summed E-state index contributed by atoms with van der Waals surface area (Å²) in [7, 11) is 0. The van der Waals surface area contributed by atoms with E-state index in [9.17, 15) is 0 Å². The van der Waals surface area contributed by atoms with Crippen molar-refractivity contribution in [3.05, 3.63) is 12.2 Å². The van der Waals surface area contributed by atoms with Crippen LogP contribution in [0.15, 0.2) is 12.2 Å². The lowest BCUT2D eigenvalue weighted by molar-refractivity contribution is -0.198. The van der Waals surface area contributed by atoms with E-state index in [1.54, 1.807) is 0 Å². The van der Waals surface area contributed by atoms with Crippen molar-refractivity contribution in [3.8, 4) is 0 Å². The van der Waals surface area contributed by atoms with Crippen molar-refractivity contribution in [1.82, 2.24) is 4.90 Å². The van der Waals surface area contributed by atoms with Gasteiger partial charge in [0.25, 0.3) is 0 Å². The summed E-state index contributed by atoms with van der Waals surface area (Å²) in [6.45, 7) is 22.0. The second-order valence-electron chi connectivity index (χ2n) is 10.3. The predicted octanol–water partition coefficient (Wildman–Crippen LogP) is 6.04. The molecule has 0 aromatic rings. The summed E-state index contributed by atoms with van der Waals surface area (Å²) < 4.78 is 12.7. The van der Waals surface area contributed by atoms with Gasteiger partial charge in [-0.2, -0.15) is 0 Å². The molecule has 3 nitrogen and oxygen atoms in total. The van der Waals surface area contributed by atoms with Crippen molar-refractivity contribution < 1.29 is 9.47 Å². The third-order valence-corrected chi connectivity index (χ3v) is 6.50. The molecule has 0 N–H and O–H groups in total. The van der Waals surface area contributed by atoms with Crippen molar-refractivity contribution in [3.63, 3.8) is 0 Å². The van der Waals surface area contributed by atoms with E-state index in [1.165, 1.54) is 31.3 Å². The SMILES string of the molecule is C=C(C)CN(CCC)CCC1COC2(CCC(C(C)(C)CC(C)C)CC2)O1. The first-order chi connectivity index (χ1) is 12.7. The maximum absolute atomic E-state index is 6.49. The highest BCUT2D eigenvalue weighted by Gasteiger charge is 2.46. The van der Waals surface area contributed by atoms with Gasteiger partial charge >= 0.3 is 0 Å². The molecule has 0 amide bonds. The van der Waals surface area contributed by atoms with Gasteiger partial charge in [-0.25, -0.2) is 0 Å². The van der Waals surface area contributed by atoms with E-state index in [0.29, 0.717) is 5.41 Å². The van der Waals surface area contributed by atoms with Crippen LogP contribution in [0.2, 0.25) is 0 Å². The van der Waals surface area contributed by atoms with Crippen molar-refractivity contribution in [2.24, 2.45) is 17.3 Å². The fourth-order valence-electron chi connectivity index (χ4n) is 5.37. The topological polar surface area (TPSA) is 21.7 Å². The summed E-state index contributed by atoms with van der Waals surface area (Å²) in [5.41, 5.74) is 1.67. The molecule has 2 aliphatic rings. The van der Waals surface area contributed by atoms with Crippen LogP contribution < -0.4 is 0 Å². The minimum absolute atomic E-state index is 0.259. The fraction of sp³-hybridized carbons (Fsp3) is 0.917. The van der Waals surface area contributed by atoms with E-state index in [0.717, 1.165) is 57.3 Å². The molecule has 0 aromatic heterocycles. The molecule has 1 saturated carbocycles. The van der Waals surface area contributed by atoms with E-state index in [4.69, 9.17) is 9.47 Å². The van der Waals surface area contributed by atoms with Crippen molar-refractivity contribution >= 4 is 0 Å². The van der Waals surface area contributed by atoms with Gasteiger partial charge in [0.1, 0.15) is 0 Å². The summed E-state index contributed by atoms with van der Waals surface area (Å²) >= 11 is 0. The smallest absolute Gasteiger partial charge is 0.168 e. The van der Waals surface area contributed by atoms with Crippen LogP contribution >= 0.6 is 0 Å². The summed E-state index contributed by atoms with van der Waals surface area (Å²) in [6.07, 6.45) is 8.44. The van der Waals surface area contributed by atoms with Crippen LogP contribution in [0.1, 0.15) is 86.5 Å². The lowest BCUT2D eigenvalue weighted by Gasteiger charge is -2.43. The van der Waals surface area contributed by atoms with E-state index in [1.807, 2.05) is 0 Å². The summed E-state index contributed by atoms with van der Waals surface area (Å²) in [5, 5.41) is 0. The Balaban J connectivity index is 1.79. The molecule has 2 fully saturated rings. The third-order valence-electron chi connectivity index (χ3n) is 6.50. The Bertz CT molecular complexity index is 463. The second kappa shape index (κ2) is 9.89. The molecule has 1 unspecified atom stereocenters. The van der Waals surface area contributed by atoms with E-state index >= 15 is 0 Å². The van der Waals surface area contributed by atoms with Crippen LogP contribution in [-0.4, -0.2) is 43.0 Å². The maximum atomic E-state index is 6.49. The monoisotopic (exact) mass is 379 g/mol. The molecule has 158 valence electrons. The highest BCUT2D eigenvalue weighted by Crippen LogP contribution is 2.48. The van der Waals surface area contributed by atoms with Gasteiger partial charge in [-0.15, -0.1) is 0 Å². The standard InChI is InChI=1S/C24H45NO2/c1-8-14-25(17-20(4)5)15-11-22-18-26-24(27-22)12-9-21(10-13-24)23(6,7)16-19(2)3/h19,21-22H,4,8-18H2,1-3,5-7H3. The van der Waals surface area contributed by atoms with Gasteiger partial charge in [-0.1, -0.05) is 46.8 Å². The van der Waals surface area contributed by atoms with Gasteiger partial charge in [0, 0.05) is 25.9 Å². The largest absolute Gasteiger partial charge is 0.347 e. The Morgan fingerprint density at radius 1 is 1.22 bits per heavy atom.